The van der Waals surface area contributed by atoms with Gasteiger partial charge in [0, 0.05) is 26.7 Å². The average Bonchev–Trinajstić information content (AvgIpc) is 3.67. The Balaban J connectivity index is 1.30. The van der Waals surface area contributed by atoms with Crippen LogP contribution in [-0.2, 0) is 20.4 Å². The Morgan fingerprint density at radius 2 is 1.49 bits per heavy atom. The summed E-state index contributed by atoms with van der Waals surface area (Å²) in [4.78, 5) is 41.3. The van der Waals surface area contributed by atoms with Crippen molar-refractivity contribution in [3.05, 3.63) is 95.6 Å². The molecule has 0 N–H and O–H groups in total. The molecule has 4 aromatic rings. The Labute approximate surface area is 283 Å². The number of piperidine rings is 1. The molecule has 3 atom stereocenters. The zero-order valence-electron chi connectivity index (χ0n) is 28.1. The molecule has 10 heteroatoms. The number of likely N-dealkylation sites (N-methyl/N-ethyl adjacent to an activating group) is 1. The number of amides is 2. The summed E-state index contributed by atoms with van der Waals surface area (Å²) >= 11 is 0. The minimum atomic E-state index is -4.44. The molecule has 49 heavy (non-hydrogen) atoms. The van der Waals surface area contributed by atoms with Gasteiger partial charge in [-0.05, 0) is 114 Å². The number of carbonyl (C=O) groups is 3. The summed E-state index contributed by atoms with van der Waals surface area (Å²) in [6, 6.07) is 22.4. The lowest BCUT2D eigenvalue weighted by molar-refractivity contribution is -0.137. The topological polar surface area (TPSA) is 76.2 Å². The van der Waals surface area contributed by atoms with Gasteiger partial charge in [0.15, 0.2) is 6.61 Å². The molecule has 0 spiro atoms. The molecule has 0 aromatic heterocycles. The van der Waals surface area contributed by atoms with Crippen LogP contribution in [0.25, 0.3) is 33.0 Å². The van der Waals surface area contributed by atoms with Crippen LogP contribution in [0.5, 0.6) is 0 Å². The molecule has 0 radical (unpaired) electrons. The summed E-state index contributed by atoms with van der Waals surface area (Å²) in [5.74, 6) is -0.358. The monoisotopic (exact) mass is 672 g/mol. The van der Waals surface area contributed by atoms with E-state index in [4.69, 9.17) is 9.47 Å². The van der Waals surface area contributed by atoms with Crippen LogP contribution < -0.4 is 0 Å². The van der Waals surface area contributed by atoms with Crippen LogP contribution >= 0.6 is 0 Å². The van der Waals surface area contributed by atoms with Crippen LogP contribution in [0, 0.1) is 5.92 Å². The molecule has 2 fully saturated rings. The van der Waals surface area contributed by atoms with Crippen LogP contribution in [0.2, 0.25) is 0 Å². The standard InChI is InChI=1S/C39H39F3N2O5/c1-38(2,3)49-37(47)44-21-29-18-31(44)20-33(29)24-6-8-25(9-7-24)34-19-28(36(46)48-22-35(45)43(4)5)17-27-16-26(12-15-32(27)34)23-10-13-30(14-11-23)39(40,41)42/h6-17,19,29,31,33H,18,20-22H2,1-5H3/t29-,31-,33-/m1/s1. The van der Waals surface area contributed by atoms with Crippen molar-refractivity contribution in [2.24, 2.45) is 5.92 Å². The molecule has 1 saturated carbocycles. The molecular formula is C39H39F3N2O5. The first-order chi connectivity index (χ1) is 23.1. The highest BCUT2D eigenvalue weighted by Crippen LogP contribution is 2.48. The number of fused-ring (bicyclic) bond motifs is 3. The van der Waals surface area contributed by atoms with Crippen LogP contribution in [0.1, 0.15) is 61.0 Å². The predicted molar refractivity (Wildman–Crippen MR) is 181 cm³/mol. The number of nitrogens with zero attached hydrogens (tertiary/aromatic N) is 2. The zero-order valence-corrected chi connectivity index (χ0v) is 28.1. The second-order valence-corrected chi connectivity index (χ2v) is 14.1. The first kappa shape index (κ1) is 34.0. The van der Waals surface area contributed by atoms with E-state index < -0.39 is 29.9 Å². The lowest BCUT2D eigenvalue weighted by Crippen LogP contribution is -2.42. The maximum absolute atomic E-state index is 13.2. The van der Waals surface area contributed by atoms with Crippen molar-refractivity contribution in [1.82, 2.24) is 9.80 Å². The number of halogens is 3. The Kier molecular flexibility index (Phi) is 8.94. The highest BCUT2D eigenvalue weighted by Gasteiger charge is 2.48. The van der Waals surface area contributed by atoms with E-state index in [-0.39, 0.29) is 23.6 Å². The fourth-order valence-corrected chi connectivity index (χ4v) is 6.91. The molecular weight excluding hydrogens is 633 g/mol. The molecule has 2 bridgehead atoms. The predicted octanol–water partition coefficient (Wildman–Crippen LogP) is 8.55. The third kappa shape index (κ3) is 7.28. The fraction of sp³-hybridized carbons (Fsp3) is 0.359. The second-order valence-electron chi connectivity index (χ2n) is 14.1. The van der Waals surface area contributed by atoms with Crippen molar-refractivity contribution in [1.29, 1.82) is 0 Å². The van der Waals surface area contributed by atoms with E-state index in [0.29, 0.717) is 34.9 Å². The number of hydrogen-bond acceptors (Lipinski definition) is 5. The van der Waals surface area contributed by atoms with E-state index in [1.807, 2.05) is 56.0 Å². The zero-order chi connectivity index (χ0) is 35.2. The minimum absolute atomic E-state index is 0.148. The summed E-state index contributed by atoms with van der Waals surface area (Å²) < 4.78 is 50.5. The number of ether oxygens (including phenoxy) is 2. The number of esters is 1. The Morgan fingerprint density at radius 1 is 0.837 bits per heavy atom. The van der Waals surface area contributed by atoms with Gasteiger partial charge in [0.05, 0.1) is 11.1 Å². The molecule has 1 aliphatic carbocycles. The highest BCUT2D eigenvalue weighted by atomic mass is 19.4. The number of hydrogen-bond donors (Lipinski definition) is 0. The van der Waals surface area contributed by atoms with Gasteiger partial charge >= 0.3 is 18.2 Å². The van der Waals surface area contributed by atoms with Crippen molar-refractivity contribution in [3.8, 4) is 22.3 Å². The van der Waals surface area contributed by atoms with Gasteiger partial charge in [0.2, 0.25) is 0 Å². The normalized spacial score (nSPS) is 18.9. The molecule has 6 rings (SSSR count). The van der Waals surface area contributed by atoms with Crippen LogP contribution in [0.4, 0.5) is 18.0 Å². The number of benzene rings is 4. The second kappa shape index (κ2) is 12.9. The minimum Gasteiger partial charge on any atom is -0.452 e. The number of carbonyl (C=O) groups excluding carboxylic acids is 3. The number of rotatable bonds is 6. The van der Waals surface area contributed by atoms with Crippen molar-refractivity contribution >= 4 is 28.7 Å². The number of likely N-dealkylation sites (tertiary alicyclic amines) is 1. The summed E-state index contributed by atoms with van der Waals surface area (Å²) in [7, 11) is 3.15. The summed E-state index contributed by atoms with van der Waals surface area (Å²) in [6.07, 6.45) is -2.89. The first-order valence-corrected chi connectivity index (χ1v) is 16.3. The average molecular weight is 673 g/mol. The van der Waals surface area contributed by atoms with Gasteiger partial charge in [0.25, 0.3) is 5.91 Å². The van der Waals surface area contributed by atoms with Gasteiger partial charge in [-0.3, -0.25) is 4.79 Å². The molecule has 1 heterocycles. The third-order valence-electron chi connectivity index (χ3n) is 9.38. The largest absolute Gasteiger partial charge is 0.452 e. The lowest BCUT2D eigenvalue weighted by Gasteiger charge is -2.33. The molecule has 7 nitrogen and oxygen atoms in total. The molecule has 0 unspecified atom stereocenters. The van der Waals surface area contributed by atoms with E-state index in [1.165, 1.54) is 22.6 Å². The maximum Gasteiger partial charge on any atom is 0.416 e. The van der Waals surface area contributed by atoms with Crippen molar-refractivity contribution in [2.75, 3.05) is 27.2 Å². The van der Waals surface area contributed by atoms with Gasteiger partial charge in [-0.25, -0.2) is 9.59 Å². The molecule has 1 aliphatic heterocycles. The molecule has 1 saturated heterocycles. The molecule has 4 aromatic carbocycles. The van der Waals surface area contributed by atoms with E-state index >= 15 is 0 Å². The van der Waals surface area contributed by atoms with E-state index in [0.717, 1.165) is 41.5 Å². The van der Waals surface area contributed by atoms with Crippen LogP contribution in [0.15, 0.2) is 78.9 Å². The third-order valence-corrected chi connectivity index (χ3v) is 9.38. The quantitative estimate of drug-likeness (QED) is 0.192. The van der Waals surface area contributed by atoms with Gasteiger partial charge in [-0.2, -0.15) is 13.2 Å². The van der Waals surface area contributed by atoms with Crippen molar-refractivity contribution in [2.45, 2.75) is 57.3 Å². The van der Waals surface area contributed by atoms with Crippen LogP contribution in [-0.4, -0.2) is 66.7 Å². The number of alkyl halides is 3. The Bertz CT molecular complexity index is 1900. The molecule has 256 valence electrons. The van der Waals surface area contributed by atoms with Crippen molar-refractivity contribution in [3.63, 3.8) is 0 Å². The van der Waals surface area contributed by atoms with Gasteiger partial charge < -0.3 is 19.3 Å². The van der Waals surface area contributed by atoms with Crippen molar-refractivity contribution < 1.29 is 37.0 Å². The lowest BCUT2D eigenvalue weighted by atomic mass is 9.86. The summed E-state index contributed by atoms with van der Waals surface area (Å²) in [5.41, 5.74) is 3.09. The highest BCUT2D eigenvalue weighted by molar-refractivity contribution is 6.04. The van der Waals surface area contributed by atoms with Crippen LogP contribution in [0.3, 0.4) is 0 Å². The smallest absolute Gasteiger partial charge is 0.416 e. The summed E-state index contributed by atoms with van der Waals surface area (Å²) in [6.45, 7) is 5.87. The van der Waals surface area contributed by atoms with E-state index in [9.17, 15) is 27.6 Å². The Morgan fingerprint density at radius 3 is 2.08 bits per heavy atom. The van der Waals surface area contributed by atoms with Gasteiger partial charge in [-0.15, -0.1) is 0 Å². The summed E-state index contributed by atoms with van der Waals surface area (Å²) in [5, 5.41) is 1.54. The Hall–Kier alpha value is -4.86. The fourth-order valence-electron chi connectivity index (χ4n) is 6.91. The SMILES string of the molecule is CN(C)C(=O)COC(=O)c1cc(-c2ccc([C@H]3C[C@H]4C[C@@H]3CN4C(=O)OC(C)(C)C)cc2)c2ccc(-c3ccc(C(F)(F)F)cc3)cc2c1. The van der Waals surface area contributed by atoms with E-state index in [2.05, 4.69) is 12.1 Å². The van der Waals surface area contributed by atoms with E-state index in [1.54, 1.807) is 26.2 Å². The molecule has 2 aliphatic rings. The molecule has 2 amide bonds. The van der Waals surface area contributed by atoms with Gasteiger partial charge in [0.1, 0.15) is 5.60 Å². The maximum atomic E-state index is 13.2. The van der Waals surface area contributed by atoms with Gasteiger partial charge in [-0.1, -0.05) is 48.5 Å². The first-order valence-electron chi connectivity index (χ1n) is 16.3.